The average Bonchev–Trinajstić information content (AvgIpc) is 2.76. The van der Waals surface area contributed by atoms with Crippen LogP contribution in [0.25, 0.3) is 0 Å². The van der Waals surface area contributed by atoms with Crippen LogP contribution in [0, 0.1) is 6.92 Å². The zero-order valence-corrected chi connectivity index (χ0v) is 18.5. The van der Waals surface area contributed by atoms with Crippen molar-refractivity contribution < 1.29 is 14.3 Å². The first-order valence-corrected chi connectivity index (χ1v) is 10.4. The van der Waals surface area contributed by atoms with Gasteiger partial charge in [-0.15, -0.1) is 0 Å². The Morgan fingerprint density at radius 3 is 2.30 bits per heavy atom. The Bertz CT molecular complexity index is 982. The highest BCUT2D eigenvalue weighted by Crippen LogP contribution is 2.18. The van der Waals surface area contributed by atoms with Gasteiger partial charge < -0.3 is 14.3 Å². The fraction of sp³-hybridized carbons (Fsp3) is 0.160. The maximum atomic E-state index is 5.83. The first-order valence-electron chi connectivity index (χ1n) is 9.58. The molecule has 0 spiro atoms. The molecule has 0 saturated carbocycles. The van der Waals surface area contributed by atoms with Gasteiger partial charge in [0.05, 0.1) is 6.21 Å². The first-order chi connectivity index (χ1) is 14.6. The summed E-state index contributed by atoms with van der Waals surface area (Å²) in [7, 11) is 0. The predicted octanol–water partition coefficient (Wildman–Crippen LogP) is 6.41. The lowest BCUT2D eigenvalue weighted by molar-refractivity contribution is 0.132. The molecule has 4 nitrogen and oxygen atoms in total. The van der Waals surface area contributed by atoms with Gasteiger partial charge in [0.25, 0.3) is 0 Å². The van der Waals surface area contributed by atoms with Crippen LogP contribution in [0.5, 0.6) is 11.5 Å². The van der Waals surface area contributed by atoms with Crippen molar-refractivity contribution in [2.24, 2.45) is 5.16 Å². The second kappa shape index (κ2) is 11.2. The molecular formula is C25H24BrNO3. The molecule has 0 amide bonds. The molecule has 0 bridgehead atoms. The smallest absolute Gasteiger partial charge is 0.142 e. The van der Waals surface area contributed by atoms with E-state index in [9.17, 15) is 0 Å². The summed E-state index contributed by atoms with van der Waals surface area (Å²) in [6, 6.07) is 23.8. The topological polar surface area (TPSA) is 40.0 Å². The lowest BCUT2D eigenvalue weighted by Gasteiger charge is -2.08. The van der Waals surface area contributed by atoms with Crippen LogP contribution in [0.2, 0.25) is 0 Å². The zero-order valence-electron chi connectivity index (χ0n) is 16.9. The van der Waals surface area contributed by atoms with Crippen LogP contribution in [0.4, 0.5) is 0 Å². The van der Waals surface area contributed by atoms with Crippen LogP contribution in [0.1, 0.15) is 22.3 Å². The fourth-order valence-corrected chi connectivity index (χ4v) is 2.73. The van der Waals surface area contributed by atoms with Gasteiger partial charge in [-0.05, 0) is 42.3 Å². The molecule has 30 heavy (non-hydrogen) atoms. The Labute approximate surface area is 185 Å². The van der Waals surface area contributed by atoms with Gasteiger partial charge in [0.1, 0.15) is 31.3 Å². The van der Waals surface area contributed by atoms with E-state index in [1.807, 2.05) is 48.5 Å². The van der Waals surface area contributed by atoms with Gasteiger partial charge in [-0.1, -0.05) is 81.8 Å². The molecule has 3 rings (SSSR count). The molecule has 0 aliphatic heterocycles. The van der Waals surface area contributed by atoms with Gasteiger partial charge in [0, 0.05) is 10.0 Å². The molecule has 5 heteroatoms. The third-order valence-electron chi connectivity index (χ3n) is 4.25. The summed E-state index contributed by atoms with van der Waals surface area (Å²) in [5.74, 6) is 1.54. The molecule has 3 aromatic carbocycles. The summed E-state index contributed by atoms with van der Waals surface area (Å²) in [6.07, 6.45) is 1.64. The van der Waals surface area contributed by atoms with E-state index in [1.165, 1.54) is 5.56 Å². The Balaban J connectivity index is 1.47. The molecule has 0 aromatic heterocycles. The molecule has 0 heterocycles. The SMILES string of the molecule is C=C(Br)COc1ccccc1C=NOCc1ccc(OCc2ccc(C)cc2)cc1. The number of hydrogen-bond donors (Lipinski definition) is 0. The number of halogens is 1. The molecule has 3 aromatic rings. The van der Waals surface area contributed by atoms with Crippen LogP contribution in [-0.2, 0) is 18.1 Å². The van der Waals surface area contributed by atoms with E-state index in [4.69, 9.17) is 14.3 Å². The zero-order chi connectivity index (χ0) is 21.2. The molecule has 0 N–H and O–H groups in total. The van der Waals surface area contributed by atoms with Crippen molar-refractivity contribution >= 4 is 22.1 Å². The number of nitrogens with zero attached hydrogens (tertiary/aromatic N) is 1. The quantitative estimate of drug-likeness (QED) is 0.256. The standard InChI is InChI=1S/C25H24BrNO3/c1-19-7-9-21(10-8-19)17-28-24-13-11-22(12-14-24)18-30-27-15-23-5-3-4-6-25(23)29-16-20(2)26/h3-15H,2,16-18H2,1H3. The second-order valence-corrected chi connectivity index (χ2v) is 7.89. The van der Waals surface area contributed by atoms with Gasteiger partial charge in [0.15, 0.2) is 0 Å². The Hall–Kier alpha value is -3.05. The Morgan fingerprint density at radius 2 is 1.57 bits per heavy atom. The van der Waals surface area contributed by atoms with E-state index in [1.54, 1.807) is 6.21 Å². The van der Waals surface area contributed by atoms with E-state index < -0.39 is 0 Å². The number of benzene rings is 3. The number of rotatable bonds is 10. The normalized spacial score (nSPS) is 10.7. The number of oxime groups is 1. The van der Waals surface area contributed by atoms with E-state index in [2.05, 4.69) is 58.9 Å². The average molecular weight is 466 g/mol. The largest absolute Gasteiger partial charge is 0.489 e. The maximum Gasteiger partial charge on any atom is 0.142 e. The van der Waals surface area contributed by atoms with Crippen LogP contribution in [0.15, 0.2) is 89.0 Å². The molecule has 0 atom stereocenters. The number of para-hydroxylation sites is 1. The van der Waals surface area contributed by atoms with Gasteiger partial charge in [-0.3, -0.25) is 0 Å². The highest BCUT2D eigenvalue weighted by molar-refractivity contribution is 9.11. The van der Waals surface area contributed by atoms with Crippen molar-refractivity contribution in [1.29, 1.82) is 0 Å². The van der Waals surface area contributed by atoms with E-state index in [0.29, 0.717) is 19.8 Å². The minimum Gasteiger partial charge on any atom is -0.489 e. The molecule has 0 aliphatic carbocycles. The van der Waals surface area contributed by atoms with Crippen molar-refractivity contribution in [3.05, 3.63) is 106 Å². The number of ether oxygens (including phenoxy) is 2. The van der Waals surface area contributed by atoms with Gasteiger partial charge in [-0.2, -0.15) is 0 Å². The van der Waals surface area contributed by atoms with E-state index >= 15 is 0 Å². The van der Waals surface area contributed by atoms with E-state index in [-0.39, 0.29) is 0 Å². The summed E-state index contributed by atoms with van der Waals surface area (Å²) in [6.45, 7) is 7.15. The molecular weight excluding hydrogens is 442 g/mol. The summed E-state index contributed by atoms with van der Waals surface area (Å²) < 4.78 is 12.3. The summed E-state index contributed by atoms with van der Waals surface area (Å²) >= 11 is 3.29. The summed E-state index contributed by atoms with van der Waals surface area (Å²) in [4.78, 5) is 5.43. The first kappa shape index (κ1) is 21.7. The second-order valence-electron chi connectivity index (χ2n) is 6.77. The summed E-state index contributed by atoms with van der Waals surface area (Å²) in [5.41, 5.74) is 4.24. The lowest BCUT2D eigenvalue weighted by atomic mass is 10.2. The molecule has 0 unspecified atom stereocenters. The number of hydrogen-bond acceptors (Lipinski definition) is 4. The molecule has 0 saturated heterocycles. The highest BCUT2D eigenvalue weighted by Gasteiger charge is 2.02. The van der Waals surface area contributed by atoms with Crippen LogP contribution < -0.4 is 9.47 Å². The lowest BCUT2D eigenvalue weighted by Crippen LogP contribution is -1.99. The van der Waals surface area contributed by atoms with Gasteiger partial charge >= 0.3 is 0 Å². The third kappa shape index (κ3) is 7.08. The van der Waals surface area contributed by atoms with Crippen molar-refractivity contribution in [2.75, 3.05) is 6.61 Å². The van der Waals surface area contributed by atoms with Crippen molar-refractivity contribution in [2.45, 2.75) is 20.1 Å². The Morgan fingerprint density at radius 1 is 0.900 bits per heavy atom. The maximum absolute atomic E-state index is 5.83. The molecule has 0 fully saturated rings. The molecule has 154 valence electrons. The van der Waals surface area contributed by atoms with E-state index in [0.717, 1.165) is 32.7 Å². The minimum absolute atomic E-state index is 0.371. The minimum atomic E-state index is 0.371. The van der Waals surface area contributed by atoms with Gasteiger partial charge in [-0.25, -0.2) is 0 Å². The van der Waals surface area contributed by atoms with Crippen LogP contribution >= 0.6 is 15.9 Å². The van der Waals surface area contributed by atoms with Crippen molar-refractivity contribution in [3.63, 3.8) is 0 Å². The van der Waals surface area contributed by atoms with Crippen LogP contribution in [0.3, 0.4) is 0 Å². The monoisotopic (exact) mass is 465 g/mol. The van der Waals surface area contributed by atoms with Crippen molar-refractivity contribution in [1.82, 2.24) is 0 Å². The van der Waals surface area contributed by atoms with Crippen LogP contribution in [-0.4, -0.2) is 12.8 Å². The predicted molar refractivity (Wildman–Crippen MR) is 124 cm³/mol. The molecule has 0 aliphatic rings. The van der Waals surface area contributed by atoms with Crippen molar-refractivity contribution in [3.8, 4) is 11.5 Å². The Kier molecular flexibility index (Phi) is 8.10. The fourth-order valence-electron chi connectivity index (χ4n) is 2.61. The number of aryl methyl sites for hydroxylation is 1. The molecule has 0 radical (unpaired) electrons. The third-order valence-corrected chi connectivity index (χ3v) is 4.48. The highest BCUT2D eigenvalue weighted by atomic mass is 79.9. The van der Waals surface area contributed by atoms with Gasteiger partial charge in [0.2, 0.25) is 0 Å². The summed E-state index contributed by atoms with van der Waals surface area (Å²) in [5, 5.41) is 4.06.